The monoisotopic (exact) mass is 301 g/mol. The summed E-state index contributed by atoms with van der Waals surface area (Å²) in [5.41, 5.74) is 0.571. The lowest BCUT2D eigenvalue weighted by Crippen LogP contribution is -2.51. The average Bonchev–Trinajstić information content (AvgIpc) is 2.91. The Morgan fingerprint density at radius 2 is 1.90 bits per heavy atom. The quantitative estimate of drug-likeness (QED) is 0.668. The number of furan rings is 1. The predicted molar refractivity (Wildman–Crippen MR) is 77.4 cm³/mol. The number of nitrogens with zero attached hydrogens (tertiary/aromatic N) is 2. The van der Waals surface area contributed by atoms with Gasteiger partial charge in [0.25, 0.3) is 11.9 Å². The van der Waals surface area contributed by atoms with E-state index in [4.69, 9.17) is 14.6 Å². The first-order valence-corrected chi connectivity index (χ1v) is 6.39. The Hall–Kier alpha value is -1.69. The molecule has 1 amide bonds. The van der Waals surface area contributed by atoms with Crippen LogP contribution in [0.5, 0.6) is 0 Å². The smallest absolute Gasteiger partial charge is 0.284 e. The van der Waals surface area contributed by atoms with Crippen molar-refractivity contribution < 1.29 is 13.9 Å². The van der Waals surface area contributed by atoms with E-state index in [0.29, 0.717) is 31.7 Å². The van der Waals surface area contributed by atoms with Crippen LogP contribution in [-0.4, -0.2) is 54.0 Å². The number of carbonyl (C=O) groups is 1. The van der Waals surface area contributed by atoms with Gasteiger partial charge in [0.1, 0.15) is 6.26 Å². The van der Waals surface area contributed by atoms with Gasteiger partial charge in [-0.15, -0.1) is 12.4 Å². The summed E-state index contributed by atoms with van der Waals surface area (Å²) in [6, 6.07) is 1.85. The summed E-state index contributed by atoms with van der Waals surface area (Å²) in [5, 5.41) is 7.81. The fraction of sp³-hybridized carbons (Fsp3) is 0.538. The Morgan fingerprint density at radius 3 is 2.40 bits per heavy atom. The van der Waals surface area contributed by atoms with Gasteiger partial charge in [0.2, 0.25) is 0 Å². The van der Waals surface area contributed by atoms with Crippen LogP contribution in [0.1, 0.15) is 24.2 Å². The number of piperazine rings is 1. The van der Waals surface area contributed by atoms with Gasteiger partial charge in [-0.05, 0) is 19.9 Å². The van der Waals surface area contributed by atoms with Crippen molar-refractivity contribution in [2.45, 2.75) is 20.0 Å². The Bertz CT molecular complexity index is 440. The van der Waals surface area contributed by atoms with E-state index in [2.05, 4.69) is 0 Å². The van der Waals surface area contributed by atoms with E-state index in [1.807, 2.05) is 18.7 Å². The Morgan fingerprint density at radius 1 is 1.30 bits per heavy atom. The first-order valence-electron chi connectivity index (χ1n) is 6.39. The third-order valence-electron chi connectivity index (χ3n) is 2.97. The van der Waals surface area contributed by atoms with Crippen LogP contribution in [0, 0.1) is 5.41 Å². The summed E-state index contributed by atoms with van der Waals surface area (Å²) in [6.07, 6.45) is 2.95. The molecule has 1 aliphatic rings. The number of amidine groups is 1. The minimum absolute atomic E-state index is 0. The van der Waals surface area contributed by atoms with Crippen molar-refractivity contribution in [1.29, 1.82) is 5.41 Å². The second-order valence-corrected chi connectivity index (χ2v) is 4.76. The lowest BCUT2D eigenvalue weighted by Gasteiger charge is -2.35. The molecule has 2 heterocycles. The molecule has 0 saturated carbocycles. The van der Waals surface area contributed by atoms with Gasteiger partial charge in [-0.3, -0.25) is 10.2 Å². The van der Waals surface area contributed by atoms with Crippen LogP contribution in [0.4, 0.5) is 0 Å². The Balaban J connectivity index is 0.00000200. The first kappa shape index (κ1) is 16.4. The summed E-state index contributed by atoms with van der Waals surface area (Å²) in [7, 11) is 0. The fourth-order valence-corrected chi connectivity index (χ4v) is 1.98. The summed E-state index contributed by atoms with van der Waals surface area (Å²) < 4.78 is 10.3. The molecule has 2 rings (SSSR count). The molecule has 20 heavy (non-hydrogen) atoms. The van der Waals surface area contributed by atoms with Gasteiger partial charge in [-0.2, -0.15) is 0 Å². The molecule has 1 saturated heterocycles. The van der Waals surface area contributed by atoms with Crippen LogP contribution in [0.2, 0.25) is 0 Å². The van der Waals surface area contributed by atoms with Gasteiger partial charge >= 0.3 is 0 Å². The van der Waals surface area contributed by atoms with Crippen molar-refractivity contribution in [2.24, 2.45) is 0 Å². The number of rotatable bonds is 2. The maximum atomic E-state index is 12.1. The second kappa shape index (κ2) is 7.19. The summed E-state index contributed by atoms with van der Waals surface area (Å²) in [6.45, 7) is 6.21. The normalized spacial score (nSPS) is 14.9. The van der Waals surface area contributed by atoms with Crippen molar-refractivity contribution in [3.63, 3.8) is 0 Å². The molecule has 1 aromatic heterocycles. The van der Waals surface area contributed by atoms with E-state index in [1.54, 1.807) is 11.0 Å². The molecule has 1 aliphatic heterocycles. The van der Waals surface area contributed by atoms with E-state index in [9.17, 15) is 4.79 Å². The highest BCUT2D eigenvalue weighted by atomic mass is 35.5. The van der Waals surface area contributed by atoms with Crippen molar-refractivity contribution in [1.82, 2.24) is 9.80 Å². The predicted octanol–water partition coefficient (Wildman–Crippen LogP) is 1.82. The van der Waals surface area contributed by atoms with Crippen LogP contribution in [0.25, 0.3) is 0 Å². The molecule has 0 aliphatic carbocycles. The van der Waals surface area contributed by atoms with Crippen molar-refractivity contribution >= 4 is 24.3 Å². The molecule has 0 unspecified atom stereocenters. The van der Waals surface area contributed by atoms with Crippen molar-refractivity contribution in [3.8, 4) is 0 Å². The number of amides is 1. The molecule has 112 valence electrons. The largest absolute Gasteiger partial charge is 0.472 e. The van der Waals surface area contributed by atoms with Gasteiger partial charge in [-0.25, -0.2) is 0 Å². The van der Waals surface area contributed by atoms with Gasteiger partial charge in [0.15, 0.2) is 0 Å². The molecule has 0 bridgehead atoms. The zero-order valence-corrected chi connectivity index (χ0v) is 12.5. The highest BCUT2D eigenvalue weighted by Crippen LogP contribution is 2.10. The lowest BCUT2D eigenvalue weighted by atomic mass is 10.2. The van der Waals surface area contributed by atoms with E-state index < -0.39 is 0 Å². The van der Waals surface area contributed by atoms with Crippen LogP contribution >= 0.6 is 12.4 Å². The minimum Gasteiger partial charge on any atom is -0.472 e. The Labute approximate surface area is 124 Å². The highest BCUT2D eigenvalue weighted by molar-refractivity contribution is 5.94. The number of carbonyl (C=O) groups excluding carboxylic acids is 1. The van der Waals surface area contributed by atoms with E-state index in [-0.39, 0.29) is 30.4 Å². The van der Waals surface area contributed by atoms with E-state index >= 15 is 0 Å². The highest BCUT2D eigenvalue weighted by Gasteiger charge is 2.24. The van der Waals surface area contributed by atoms with Gasteiger partial charge in [-0.1, -0.05) is 0 Å². The van der Waals surface area contributed by atoms with Gasteiger partial charge in [0.05, 0.1) is 17.9 Å². The molecule has 0 aromatic carbocycles. The molecule has 1 aromatic rings. The lowest BCUT2D eigenvalue weighted by molar-refractivity contribution is 0.0656. The number of halogens is 1. The number of ether oxygens (including phenoxy) is 1. The van der Waals surface area contributed by atoms with E-state index in [0.717, 1.165) is 0 Å². The van der Waals surface area contributed by atoms with Crippen molar-refractivity contribution in [2.75, 3.05) is 26.2 Å². The molecule has 1 fully saturated rings. The third kappa shape index (κ3) is 3.90. The topological polar surface area (TPSA) is 69.8 Å². The van der Waals surface area contributed by atoms with E-state index in [1.165, 1.54) is 12.5 Å². The molecule has 0 radical (unpaired) electrons. The van der Waals surface area contributed by atoms with Crippen LogP contribution < -0.4 is 0 Å². The zero-order valence-electron chi connectivity index (χ0n) is 11.7. The Kier molecular flexibility index (Phi) is 5.88. The molecule has 0 spiro atoms. The van der Waals surface area contributed by atoms with Crippen molar-refractivity contribution in [3.05, 3.63) is 24.2 Å². The fourth-order valence-electron chi connectivity index (χ4n) is 1.98. The summed E-state index contributed by atoms with van der Waals surface area (Å²) >= 11 is 0. The number of nitrogens with one attached hydrogen (secondary N) is 1. The van der Waals surface area contributed by atoms with Gasteiger partial charge < -0.3 is 19.0 Å². The molecule has 0 atom stereocenters. The SMILES string of the molecule is CC(C)OC(=N)N1CCN(C(=O)c2ccoc2)CC1.Cl. The molecule has 1 N–H and O–H groups in total. The first-order chi connectivity index (χ1) is 9.08. The van der Waals surface area contributed by atoms with Crippen LogP contribution in [0.15, 0.2) is 23.0 Å². The van der Waals surface area contributed by atoms with Crippen LogP contribution in [-0.2, 0) is 4.74 Å². The molecular weight excluding hydrogens is 282 g/mol. The standard InChI is InChI=1S/C13H19N3O3.ClH/c1-10(2)19-13(14)16-6-4-15(5-7-16)12(17)11-3-8-18-9-11;/h3,8-10,14H,4-7H2,1-2H3;1H. The summed E-state index contributed by atoms with van der Waals surface area (Å²) in [5.74, 6) is -0.0234. The maximum absolute atomic E-state index is 12.1. The molecular formula is C13H20ClN3O3. The summed E-state index contributed by atoms with van der Waals surface area (Å²) in [4.78, 5) is 15.7. The molecule has 7 heteroatoms. The zero-order chi connectivity index (χ0) is 13.8. The number of hydrogen-bond acceptors (Lipinski definition) is 4. The molecule has 6 nitrogen and oxygen atoms in total. The minimum atomic E-state index is -0.0234. The average molecular weight is 302 g/mol. The maximum Gasteiger partial charge on any atom is 0.284 e. The third-order valence-corrected chi connectivity index (χ3v) is 2.97. The second-order valence-electron chi connectivity index (χ2n) is 4.76. The van der Waals surface area contributed by atoms with Crippen LogP contribution in [0.3, 0.4) is 0 Å². The van der Waals surface area contributed by atoms with Gasteiger partial charge in [0, 0.05) is 26.2 Å². The number of hydrogen-bond donors (Lipinski definition) is 1.